The van der Waals surface area contributed by atoms with Gasteiger partial charge in [-0.25, -0.2) is 4.39 Å². The van der Waals surface area contributed by atoms with Gasteiger partial charge in [-0.3, -0.25) is 0 Å². The molecule has 2 rings (SSSR count). The highest BCUT2D eigenvalue weighted by Gasteiger charge is 2.22. The number of hydrogen-bond acceptors (Lipinski definition) is 2. The number of aliphatic hydroxyl groups is 1. The van der Waals surface area contributed by atoms with Crippen LogP contribution in [0.25, 0.3) is 0 Å². The average molecular weight is 353 g/mol. The van der Waals surface area contributed by atoms with Gasteiger partial charge in [0.25, 0.3) is 0 Å². The maximum Gasteiger partial charge on any atom is 0.128 e. The Morgan fingerprint density at radius 1 is 1.14 bits per heavy atom. The second-order valence-electron chi connectivity index (χ2n) is 5.15. The lowest BCUT2D eigenvalue weighted by atomic mass is 9.92. The summed E-state index contributed by atoms with van der Waals surface area (Å²) in [6.07, 6.45) is -0.864. The predicted octanol–water partition coefficient (Wildman–Crippen LogP) is 4.60. The van der Waals surface area contributed by atoms with Crippen LogP contribution in [0.2, 0.25) is 0 Å². The summed E-state index contributed by atoms with van der Waals surface area (Å²) in [5, 5.41) is 10.8. The van der Waals surface area contributed by atoms with Gasteiger partial charge >= 0.3 is 0 Å². The molecule has 0 radical (unpaired) electrons. The van der Waals surface area contributed by atoms with Crippen molar-refractivity contribution in [3.8, 4) is 5.75 Å². The standard InChI is InChI=1S/C17H18BrFO2/c1-9-7-12(19)5-6-13(9)16(20)15-11(3)14(18)8-10(2)17(15)21-4/h5-8,16,20H,1-4H3. The highest BCUT2D eigenvalue weighted by Crippen LogP contribution is 2.39. The van der Waals surface area contributed by atoms with Crippen LogP contribution in [0.5, 0.6) is 5.75 Å². The third-order valence-corrected chi connectivity index (χ3v) is 4.54. The van der Waals surface area contributed by atoms with Crippen LogP contribution in [0.15, 0.2) is 28.7 Å². The molecule has 0 aliphatic carbocycles. The molecule has 4 heteroatoms. The van der Waals surface area contributed by atoms with Crippen molar-refractivity contribution in [2.45, 2.75) is 26.9 Å². The van der Waals surface area contributed by atoms with E-state index in [-0.39, 0.29) is 5.82 Å². The third-order valence-electron chi connectivity index (χ3n) is 3.71. The topological polar surface area (TPSA) is 29.5 Å². The van der Waals surface area contributed by atoms with E-state index in [1.165, 1.54) is 12.1 Å². The molecule has 0 fully saturated rings. The average Bonchev–Trinajstić information content (AvgIpc) is 2.41. The largest absolute Gasteiger partial charge is 0.496 e. The number of benzene rings is 2. The van der Waals surface area contributed by atoms with Gasteiger partial charge in [-0.2, -0.15) is 0 Å². The zero-order valence-electron chi connectivity index (χ0n) is 12.5. The lowest BCUT2D eigenvalue weighted by Gasteiger charge is -2.22. The molecule has 0 aromatic heterocycles. The first-order valence-electron chi connectivity index (χ1n) is 6.64. The lowest BCUT2D eigenvalue weighted by molar-refractivity contribution is 0.212. The molecule has 1 unspecified atom stereocenters. The van der Waals surface area contributed by atoms with E-state index in [9.17, 15) is 9.50 Å². The van der Waals surface area contributed by atoms with E-state index in [4.69, 9.17) is 4.74 Å². The summed E-state index contributed by atoms with van der Waals surface area (Å²) in [7, 11) is 1.59. The molecule has 0 saturated heterocycles. The Morgan fingerprint density at radius 2 is 1.81 bits per heavy atom. The summed E-state index contributed by atoms with van der Waals surface area (Å²) in [6.45, 7) is 5.63. The Hall–Kier alpha value is -1.39. The zero-order valence-corrected chi connectivity index (χ0v) is 14.1. The van der Waals surface area contributed by atoms with Gasteiger partial charge in [0.2, 0.25) is 0 Å². The summed E-state index contributed by atoms with van der Waals surface area (Å²) in [6, 6.07) is 6.36. The summed E-state index contributed by atoms with van der Waals surface area (Å²) in [5.74, 6) is 0.351. The molecule has 0 amide bonds. The molecule has 0 heterocycles. The quantitative estimate of drug-likeness (QED) is 0.874. The highest BCUT2D eigenvalue weighted by molar-refractivity contribution is 9.10. The van der Waals surface area contributed by atoms with Crippen molar-refractivity contribution in [1.82, 2.24) is 0 Å². The van der Waals surface area contributed by atoms with Crippen LogP contribution in [0, 0.1) is 26.6 Å². The SMILES string of the molecule is COc1c(C)cc(Br)c(C)c1C(O)c1ccc(F)cc1C. The molecule has 0 aliphatic heterocycles. The second kappa shape index (κ2) is 6.16. The molecule has 0 saturated carbocycles. The Kier molecular flexibility index (Phi) is 4.69. The first-order chi connectivity index (χ1) is 9.86. The van der Waals surface area contributed by atoms with E-state index in [1.807, 2.05) is 19.9 Å². The molecule has 1 N–H and O–H groups in total. The monoisotopic (exact) mass is 352 g/mol. The first kappa shape index (κ1) is 16.0. The minimum Gasteiger partial charge on any atom is -0.496 e. The van der Waals surface area contributed by atoms with Crippen molar-refractivity contribution in [3.63, 3.8) is 0 Å². The fourth-order valence-electron chi connectivity index (χ4n) is 2.58. The fourth-order valence-corrected chi connectivity index (χ4v) is 3.13. The van der Waals surface area contributed by atoms with Gasteiger partial charge in [-0.1, -0.05) is 22.0 Å². The van der Waals surface area contributed by atoms with Crippen molar-refractivity contribution in [3.05, 3.63) is 62.4 Å². The summed E-state index contributed by atoms with van der Waals surface area (Å²) in [5.41, 5.74) is 3.94. The van der Waals surface area contributed by atoms with Crippen molar-refractivity contribution < 1.29 is 14.2 Å². The van der Waals surface area contributed by atoms with E-state index in [0.717, 1.165) is 15.6 Å². The third kappa shape index (κ3) is 2.97. The van der Waals surface area contributed by atoms with Crippen LogP contribution in [-0.4, -0.2) is 12.2 Å². The van der Waals surface area contributed by atoms with Gasteiger partial charge in [0.15, 0.2) is 0 Å². The number of aliphatic hydroxyl groups excluding tert-OH is 1. The van der Waals surface area contributed by atoms with Crippen LogP contribution in [-0.2, 0) is 0 Å². The van der Waals surface area contributed by atoms with Gasteiger partial charge < -0.3 is 9.84 Å². The molecule has 112 valence electrons. The number of aryl methyl sites for hydroxylation is 2. The number of halogens is 2. The number of hydrogen-bond donors (Lipinski definition) is 1. The van der Waals surface area contributed by atoms with Gasteiger partial charge in [0.1, 0.15) is 17.7 Å². The molecule has 21 heavy (non-hydrogen) atoms. The molecular formula is C17H18BrFO2. The summed E-state index contributed by atoms with van der Waals surface area (Å²) >= 11 is 3.50. The molecule has 0 bridgehead atoms. The normalized spacial score (nSPS) is 12.3. The van der Waals surface area contributed by atoms with Crippen molar-refractivity contribution in [2.75, 3.05) is 7.11 Å². The van der Waals surface area contributed by atoms with Gasteiger partial charge in [-0.15, -0.1) is 0 Å². The molecule has 2 aromatic rings. The van der Waals surface area contributed by atoms with Crippen molar-refractivity contribution in [1.29, 1.82) is 0 Å². The Balaban J connectivity index is 2.65. The lowest BCUT2D eigenvalue weighted by Crippen LogP contribution is -2.08. The first-order valence-corrected chi connectivity index (χ1v) is 7.43. The Morgan fingerprint density at radius 3 is 2.38 bits per heavy atom. The van der Waals surface area contributed by atoms with E-state index < -0.39 is 6.10 Å². The van der Waals surface area contributed by atoms with E-state index in [1.54, 1.807) is 20.1 Å². The van der Waals surface area contributed by atoms with Crippen LogP contribution in [0.1, 0.15) is 33.9 Å². The maximum absolute atomic E-state index is 13.3. The predicted molar refractivity (Wildman–Crippen MR) is 85.4 cm³/mol. The van der Waals surface area contributed by atoms with E-state index >= 15 is 0 Å². The van der Waals surface area contributed by atoms with Crippen molar-refractivity contribution in [2.24, 2.45) is 0 Å². The summed E-state index contributed by atoms with van der Waals surface area (Å²) in [4.78, 5) is 0. The highest BCUT2D eigenvalue weighted by atomic mass is 79.9. The minimum absolute atomic E-state index is 0.308. The molecular weight excluding hydrogens is 335 g/mol. The molecule has 1 atom stereocenters. The van der Waals surface area contributed by atoms with Crippen LogP contribution in [0.3, 0.4) is 0 Å². The van der Waals surface area contributed by atoms with Gasteiger partial charge in [0, 0.05) is 10.0 Å². The number of rotatable bonds is 3. The second-order valence-corrected chi connectivity index (χ2v) is 6.00. The van der Waals surface area contributed by atoms with E-state index in [0.29, 0.717) is 22.4 Å². The number of methoxy groups -OCH3 is 1. The van der Waals surface area contributed by atoms with Crippen molar-refractivity contribution >= 4 is 15.9 Å². The minimum atomic E-state index is -0.864. The summed E-state index contributed by atoms with van der Waals surface area (Å²) < 4.78 is 19.6. The number of ether oxygens (including phenoxy) is 1. The van der Waals surface area contributed by atoms with Crippen LogP contribution in [0.4, 0.5) is 4.39 Å². The zero-order chi connectivity index (χ0) is 15.7. The Bertz CT molecular complexity index is 683. The Labute approximate surface area is 132 Å². The molecule has 0 spiro atoms. The van der Waals surface area contributed by atoms with Gasteiger partial charge in [0.05, 0.1) is 7.11 Å². The smallest absolute Gasteiger partial charge is 0.128 e. The maximum atomic E-state index is 13.3. The van der Waals surface area contributed by atoms with Crippen LogP contribution >= 0.6 is 15.9 Å². The molecule has 0 aliphatic rings. The van der Waals surface area contributed by atoms with Crippen LogP contribution < -0.4 is 4.74 Å². The van der Waals surface area contributed by atoms with E-state index in [2.05, 4.69) is 15.9 Å². The molecule has 2 nitrogen and oxygen atoms in total. The fraction of sp³-hybridized carbons (Fsp3) is 0.294. The van der Waals surface area contributed by atoms with Gasteiger partial charge in [-0.05, 0) is 61.2 Å². The molecule has 2 aromatic carbocycles.